The van der Waals surface area contributed by atoms with E-state index < -0.39 is 0 Å². The summed E-state index contributed by atoms with van der Waals surface area (Å²) in [4.78, 5) is 0. The van der Waals surface area contributed by atoms with Gasteiger partial charge in [0.05, 0.1) is 0 Å². The summed E-state index contributed by atoms with van der Waals surface area (Å²) in [5.41, 5.74) is 0. The third-order valence-electron chi connectivity index (χ3n) is 3.55. The van der Waals surface area contributed by atoms with Crippen LogP contribution in [0.1, 0.15) is 69.0 Å². The van der Waals surface area contributed by atoms with Gasteiger partial charge in [0.25, 0.3) is 0 Å². The lowest BCUT2D eigenvalue weighted by Gasteiger charge is -2.16. The lowest BCUT2D eigenvalue weighted by molar-refractivity contribution is 0.466. The highest BCUT2D eigenvalue weighted by atomic mass is 31.0. The Labute approximate surface area is 94.8 Å². The molecule has 0 aromatic carbocycles. The average molecular weight is 223 g/mol. The van der Waals surface area contributed by atoms with Gasteiger partial charge in [0, 0.05) is 19.8 Å². The van der Waals surface area contributed by atoms with Gasteiger partial charge in [-0.05, 0) is 24.8 Å². The number of aromatic nitrogens is 1. The van der Waals surface area contributed by atoms with E-state index in [1.54, 1.807) is 5.30 Å². The fraction of sp³-hybridized carbons (Fsp3) is 0.769. The van der Waals surface area contributed by atoms with Crippen molar-refractivity contribution in [2.45, 2.75) is 63.7 Å². The van der Waals surface area contributed by atoms with Gasteiger partial charge in [0.15, 0.2) is 0 Å². The first-order chi connectivity index (χ1) is 7.47. The molecule has 1 nitrogen and oxygen atoms in total. The van der Waals surface area contributed by atoms with Crippen LogP contribution < -0.4 is 0 Å². The fourth-order valence-electron chi connectivity index (χ4n) is 2.60. The van der Waals surface area contributed by atoms with E-state index in [2.05, 4.69) is 17.0 Å². The summed E-state index contributed by atoms with van der Waals surface area (Å²) in [5.74, 6) is 0.871. The topological polar surface area (TPSA) is 15.8 Å². The molecule has 0 spiro atoms. The summed E-state index contributed by atoms with van der Waals surface area (Å²) < 4.78 is 3.29. The second-order valence-electron chi connectivity index (χ2n) is 4.75. The van der Waals surface area contributed by atoms with Crippen molar-refractivity contribution in [2.75, 3.05) is 0 Å². The Morgan fingerprint density at radius 1 is 0.933 bits per heavy atom. The first-order valence-corrected chi connectivity index (χ1v) is 7.36. The van der Waals surface area contributed by atoms with Gasteiger partial charge in [-0.15, -0.1) is 0 Å². The first-order valence-electron chi connectivity index (χ1n) is 6.46. The zero-order chi connectivity index (χ0) is 10.3. The molecule has 0 aliphatic heterocycles. The van der Waals surface area contributed by atoms with Crippen LogP contribution in [0.4, 0.5) is 0 Å². The third-order valence-corrected chi connectivity index (χ3v) is 4.60. The number of nitrogens with one attached hydrogen (secondary N) is 1. The van der Waals surface area contributed by atoms with Crippen LogP contribution in [0.25, 0.3) is 0 Å². The van der Waals surface area contributed by atoms with Gasteiger partial charge in [-0.1, -0.05) is 44.9 Å². The van der Waals surface area contributed by atoms with Crippen LogP contribution in [0.3, 0.4) is 0 Å². The Hall–Kier alpha value is -0.290. The number of hydrogen-bond acceptors (Lipinski definition) is 0. The van der Waals surface area contributed by atoms with Gasteiger partial charge in [-0.25, -0.2) is 0 Å². The maximum atomic E-state index is 3.29. The molecule has 0 saturated heterocycles. The molecule has 0 unspecified atom stereocenters. The molecule has 84 valence electrons. The van der Waals surface area contributed by atoms with E-state index in [0.717, 1.165) is 5.92 Å². The zero-order valence-electron chi connectivity index (χ0n) is 9.54. The minimum absolute atomic E-state index is 0.871. The van der Waals surface area contributed by atoms with E-state index in [1.165, 1.54) is 66.1 Å². The molecule has 1 saturated carbocycles. The van der Waals surface area contributed by atoms with Crippen LogP contribution in [-0.2, 0) is 0 Å². The van der Waals surface area contributed by atoms with Crippen molar-refractivity contribution < 1.29 is 0 Å². The number of rotatable bonds is 1. The van der Waals surface area contributed by atoms with E-state index in [-0.39, 0.29) is 0 Å². The molecule has 1 aromatic rings. The summed E-state index contributed by atoms with van der Waals surface area (Å²) >= 11 is 0. The molecule has 2 heteroatoms. The quantitative estimate of drug-likeness (QED) is 0.673. The highest BCUT2D eigenvalue weighted by molar-refractivity contribution is 7.26. The highest BCUT2D eigenvalue weighted by Gasteiger charge is 2.12. The Bertz CT molecular complexity index is 246. The second kappa shape index (κ2) is 6.33. The maximum Gasteiger partial charge on any atom is 0.0142 e. The molecule has 1 aromatic heterocycles. The van der Waals surface area contributed by atoms with Crippen LogP contribution in [0.2, 0.25) is 0 Å². The molecule has 0 bridgehead atoms. The minimum atomic E-state index is 0.871. The van der Waals surface area contributed by atoms with Gasteiger partial charge in [0.2, 0.25) is 0 Å². The fourth-order valence-corrected chi connectivity index (χ4v) is 3.49. The highest BCUT2D eigenvalue weighted by Crippen LogP contribution is 2.33. The van der Waals surface area contributed by atoms with E-state index in [4.69, 9.17) is 0 Å². The predicted octanol–water partition coefficient (Wildman–Crippen LogP) is 5.20. The third kappa shape index (κ3) is 3.65. The number of H-pyrrole nitrogens is 1. The lowest BCUT2D eigenvalue weighted by Crippen LogP contribution is -1.98. The van der Waals surface area contributed by atoms with Crippen LogP contribution in [0.15, 0.2) is 12.3 Å². The normalized spacial score (nSPS) is 21.9. The molecule has 0 radical (unpaired) electrons. The smallest absolute Gasteiger partial charge is 0.0142 e. The van der Waals surface area contributed by atoms with Crippen LogP contribution in [-0.4, -0.2) is 4.75 Å². The molecule has 1 aliphatic carbocycles. The molecule has 0 amide bonds. The van der Waals surface area contributed by atoms with Crippen molar-refractivity contribution in [3.05, 3.63) is 17.6 Å². The standard InChI is InChI=1S/C13H22NP/c1-2-4-6-8-12(9-7-5-3-1)13-10-11-14-15-13/h10-12,14H,1-9H2. The first kappa shape index (κ1) is 11.2. The van der Waals surface area contributed by atoms with Crippen molar-refractivity contribution in [3.8, 4) is 0 Å². The molecular formula is C13H22NP. The van der Waals surface area contributed by atoms with Crippen molar-refractivity contribution in [1.82, 2.24) is 4.75 Å². The molecule has 2 rings (SSSR count). The van der Waals surface area contributed by atoms with Gasteiger partial charge >= 0.3 is 0 Å². The molecule has 15 heavy (non-hydrogen) atoms. The summed E-state index contributed by atoms with van der Waals surface area (Å²) in [5, 5.41) is 1.63. The molecule has 1 N–H and O–H groups in total. The molecule has 1 heterocycles. The van der Waals surface area contributed by atoms with Crippen LogP contribution >= 0.6 is 8.35 Å². The average Bonchev–Trinajstić information content (AvgIpc) is 2.79. The summed E-state index contributed by atoms with van der Waals surface area (Å²) in [6, 6.07) is 2.30. The minimum Gasteiger partial charge on any atom is -0.344 e. The summed E-state index contributed by atoms with van der Waals surface area (Å²) in [6.45, 7) is 0. The van der Waals surface area contributed by atoms with Gasteiger partial charge in [-0.2, -0.15) is 0 Å². The molecule has 1 fully saturated rings. The van der Waals surface area contributed by atoms with Crippen molar-refractivity contribution in [1.29, 1.82) is 0 Å². The van der Waals surface area contributed by atoms with E-state index in [9.17, 15) is 0 Å². The summed E-state index contributed by atoms with van der Waals surface area (Å²) in [7, 11) is 1.35. The van der Waals surface area contributed by atoms with Crippen LogP contribution in [0.5, 0.6) is 0 Å². The number of aromatic amines is 1. The Kier molecular flexibility index (Phi) is 4.73. The second-order valence-corrected chi connectivity index (χ2v) is 5.75. The maximum absolute atomic E-state index is 3.29. The van der Waals surface area contributed by atoms with E-state index >= 15 is 0 Å². The van der Waals surface area contributed by atoms with Gasteiger partial charge in [-0.3, -0.25) is 0 Å². The zero-order valence-corrected chi connectivity index (χ0v) is 10.4. The Morgan fingerprint density at radius 2 is 1.53 bits per heavy atom. The monoisotopic (exact) mass is 223 g/mol. The lowest BCUT2D eigenvalue weighted by atomic mass is 9.91. The van der Waals surface area contributed by atoms with Gasteiger partial charge in [0.1, 0.15) is 0 Å². The molecule has 1 aliphatic rings. The number of hydrogen-bond donors (Lipinski definition) is 1. The van der Waals surface area contributed by atoms with Crippen LogP contribution in [0, 0.1) is 0 Å². The van der Waals surface area contributed by atoms with E-state index in [1.807, 2.05) is 0 Å². The van der Waals surface area contributed by atoms with Crippen molar-refractivity contribution in [3.63, 3.8) is 0 Å². The molecular weight excluding hydrogens is 201 g/mol. The summed E-state index contributed by atoms with van der Waals surface area (Å²) in [6.07, 6.45) is 15.2. The van der Waals surface area contributed by atoms with Gasteiger partial charge < -0.3 is 4.75 Å². The van der Waals surface area contributed by atoms with Crippen molar-refractivity contribution in [2.24, 2.45) is 0 Å². The largest absolute Gasteiger partial charge is 0.344 e. The Morgan fingerprint density at radius 3 is 2.07 bits per heavy atom. The van der Waals surface area contributed by atoms with E-state index in [0.29, 0.717) is 0 Å². The molecule has 0 atom stereocenters. The predicted molar refractivity (Wildman–Crippen MR) is 67.6 cm³/mol. The SMILES string of the molecule is c1cc(C2CCCCCCCCC2)p[nH]1. The Balaban J connectivity index is 1.90. The van der Waals surface area contributed by atoms with Crippen molar-refractivity contribution >= 4 is 8.35 Å².